The first-order chi connectivity index (χ1) is 30.6. The Hall–Kier alpha value is -2.40. The molecule has 0 bridgehead atoms. The van der Waals surface area contributed by atoms with Crippen LogP contribution in [0.25, 0.3) is 0 Å². The van der Waals surface area contributed by atoms with E-state index in [0.29, 0.717) is 19.4 Å². The molecular weight excluding hydrogens is 765 g/mol. The number of ether oxygens (including phenoxy) is 3. The highest BCUT2D eigenvalue weighted by atomic mass is 16.6. The maximum absolute atomic E-state index is 12.7. The van der Waals surface area contributed by atoms with Crippen molar-refractivity contribution < 1.29 is 23.8 Å². The molecule has 0 rings (SSSR count). The summed E-state index contributed by atoms with van der Waals surface area (Å²) in [6.45, 7) is 7.69. The molecule has 0 saturated heterocycles. The molecule has 5 nitrogen and oxygen atoms in total. The Bertz CT molecular complexity index is 1070. The highest BCUT2D eigenvalue weighted by molar-refractivity contribution is 5.70. The molecule has 1 unspecified atom stereocenters. The van der Waals surface area contributed by atoms with Gasteiger partial charge >= 0.3 is 11.9 Å². The van der Waals surface area contributed by atoms with E-state index >= 15 is 0 Å². The first-order valence-corrected chi connectivity index (χ1v) is 26.8. The third kappa shape index (κ3) is 50.2. The predicted octanol–water partition coefficient (Wildman–Crippen LogP) is 18.1. The Morgan fingerprint density at radius 3 is 1.18 bits per heavy atom. The summed E-state index contributed by atoms with van der Waals surface area (Å²) in [5.41, 5.74) is 0. The second-order valence-corrected chi connectivity index (χ2v) is 17.8. The minimum Gasteiger partial charge on any atom is -0.462 e. The van der Waals surface area contributed by atoms with Gasteiger partial charge in [-0.1, -0.05) is 229 Å². The van der Waals surface area contributed by atoms with Crippen molar-refractivity contribution in [1.82, 2.24) is 0 Å². The molecule has 0 aromatic rings. The average Bonchev–Trinajstić information content (AvgIpc) is 3.27. The summed E-state index contributed by atoms with van der Waals surface area (Å²) < 4.78 is 17.4. The molecule has 0 N–H and O–H groups in total. The predicted molar refractivity (Wildman–Crippen MR) is 270 cm³/mol. The summed E-state index contributed by atoms with van der Waals surface area (Å²) >= 11 is 0. The SMILES string of the molecule is CC/C=C\C/C=C\C/C=C\C/C=C\CCCCCCCCCOCC(COC(=O)CCCCCCCCC/C=C\CCCCCCCC)OC(=O)CCCCCCCCCCC. The van der Waals surface area contributed by atoms with Crippen LogP contribution in [0, 0.1) is 0 Å². The number of hydrogen-bond donors (Lipinski definition) is 0. The first kappa shape index (κ1) is 59.6. The summed E-state index contributed by atoms with van der Waals surface area (Å²) in [4.78, 5) is 25.3. The fraction of sp³-hybridized carbons (Fsp3) is 0.789. The van der Waals surface area contributed by atoms with Gasteiger partial charge in [0.25, 0.3) is 0 Å². The number of unbranched alkanes of at least 4 members (excludes halogenated alkanes) is 28. The molecule has 0 radical (unpaired) electrons. The molecule has 0 aliphatic rings. The van der Waals surface area contributed by atoms with Gasteiger partial charge < -0.3 is 14.2 Å². The van der Waals surface area contributed by atoms with Gasteiger partial charge in [-0.25, -0.2) is 0 Å². The van der Waals surface area contributed by atoms with Gasteiger partial charge in [-0.3, -0.25) is 9.59 Å². The van der Waals surface area contributed by atoms with Crippen LogP contribution in [0.5, 0.6) is 0 Å². The standard InChI is InChI=1S/C57H102O5/c1-4-7-10-13-16-19-21-23-25-27-28-29-31-33-35-37-40-43-46-49-52-60-53-55(62-57(59)51-48-45-42-38-18-15-12-9-6-3)54-61-56(58)50-47-44-41-39-36-34-32-30-26-24-22-20-17-14-11-8-5-2/h7,10,16,19,23-26,28-29,55H,4-6,8-9,11-15,17-18,20-22,27,30-54H2,1-3H3/b10-7-,19-16-,25-23-,26-24-,29-28-. The van der Waals surface area contributed by atoms with Crippen molar-refractivity contribution in [2.24, 2.45) is 0 Å². The van der Waals surface area contributed by atoms with Crippen LogP contribution in [-0.4, -0.2) is 37.9 Å². The van der Waals surface area contributed by atoms with Gasteiger partial charge in [0.05, 0.1) is 6.61 Å². The summed E-state index contributed by atoms with van der Waals surface area (Å²) in [6, 6.07) is 0. The molecule has 0 aliphatic carbocycles. The lowest BCUT2D eigenvalue weighted by Gasteiger charge is -2.18. The van der Waals surface area contributed by atoms with Gasteiger partial charge in [-0.15, -0.1) is 0 Å². The maximum Gasteiger partial charge on any atom is 0.306 e. The molecule has 360 valence electrons. The van der Waals surface area contributed by atoms with Crippen LogP contribution in [0.1, 0.15) is 265 Å². The Morgan fingerprint density at radius 2 is 0.726 bits per heavy atom. The van der Waals surface area contributed by atoms with Gasteiger partial charge in [0, 0.05) is 19.4 Å². The van der Waals surface area contributed by atoms with Crippen LogP contribution in [0.3, 0.4) is 0 Å². The molecule has 0 aromatic heterocycles. The van der Waals surface area contributed by atoms with Crippen LogP contribution < -0.4 is 0 Å². The molecule has 1 atom stereocenters. The van der Waals surface area contributed by atoms with Crippen molar-refractivity contribution in [3.8, 4) is 0 Å². The monoisotopic (exact) mass is 867 g/mol. The van der Waals surface area contributed by atoms with Crippen molar-refractivity contribution in [3.05, 3.63) is 60.8 Å². The third-order valence-electron chi connectivity index (χ3n) is 11.5. The van der Waals surface area contributed by atoms with E-state index in [2.05, 4.69) is 81.5 Å². The number of rotatable bonds is 49. The van der Waals surface area contributed by atoms with Crippen LogP contribution in [-0.2, 0) is 23.8 Å². The average molecular weight is 867 g/mol. The van der Waals surface area contributed by atoms with Crippen LogP contribution in [0.4, 0.5) is 0 Å². The Labute approximate surface area is 385 Å². The van der Waals surface area contributed by atoms with E-state index in [-0.39, 0.29) is 25.2 Å². The van der Waals surface area contributed by atoms with Crippen LogP contribution in [0.2, 0.25) is 0 Å². The van der Waals surface area contributed by atoms with E-state index in [1.54, 1.807) is 0 Å². The fourth-order valence-corrected chi connectivity index (χ4v) is 7.56. The maximum atomic E-state index is 12.7. The lowest BCUT2D eigenvalue weighted by atomic mass is 10.1. The zero-order valence-corrected chi connectivity index (χ0v) is 41.4. The second-order valence-electron chi connectivity index (χ2n) is 17.8. The van der Waals surface area contributed by atoms with Gasteiger partial charge in [0.1, 0.15) is 6.61 Å². The molecule has 0 saturated carbocycles. The molecule has 5 heteroatoms. The zero-order valence-electron chi connectivity index (χ0n) is 41.4. The minimum atomic E-state index is -0.541. The van der Waals surface area contributed by atoms with Gasteiger partial charge in [0.15, 0.2) is 6.10 Å². The highest BCUT2D eigenvalue weighted by Crippen LogP contribution is 2.15. The molecule has 0 amide bonds. The topological polar surface area (TPSA) is 61.8 Å². The molecule has 0 heterocycles. The summed E-state index contributed by atoms with van der Waals surface area (Å²) in [5.74, 6) is -0.403. The summed E-state index contributed by atoms with van der Waals surface area (Å²) in [6.07, 6.45) is 66.6. The summed E-state index contributed by atoms with van der Waals surface area (Å²) in [7, 11) is 0. The first-order valence-electron chi connectivity index (χ1n) is 26.8. The number of esters is 2. The van der Waals surface area contributed by atoms with Gasteiger partial charge in [-0.05, 0) is 83.5 Å². The third-order valence-corrected chi connectivity index (χ3v) is 11.5. The number of allylic oxidation sites excluding steroid dienone is 10. The van der Waals surface area contributed by atoms with E-state index in [1.165, 1.54) is 167 Å². The molecule has 0 fully saturated rings. The molecule has 0 aliphatic heterocycles. The van der Waals surface area contributed by atoms with E-state index in [4.69, 9.17) is 14.2 Å². The smallest absolute Gasteiger partial charge is 0.306 e. The van der Waals surface area contributed by atoms with Gasteiger partial charge in [-0.2, -0.15) is 0 Å². The quantitative estimate of drug-likeness (QED) is 0.0346. The molecule has 62 heavy (non-hydrogen) atoms. The molecular formula is C57H102O5. The number of carbonyl (C=O) groups is 2. The van der Waals surface area contributed by atoms with E-state index in [1.807, 2.05) is 0 Å². The summed E-state index contributed by atoms with van der Waals surface area (Å²) in [5, 5.41) is 0. The highest BCUT2D eigenvalue weighted by Gasteiger charge is 2.17. The zero-order chi connectivity index (χ0) is 44.9. The van der Waals surface area contributed by atoms with E-state index in [9.17, 15) is 9.59 Å². The Kier molecular flexibility index (Phi) is 50.9. The van der Waals surface area contributed by atoms with Crippen molar-refractivity contribution in [2.45, 2.75) is 271 Å². The fourth-order valence-electron chi connectivity index (χ4n) is 7.56. The molecule has 0 aromatic carbocycles. The number of carbonyl (C=O) groups excluding carboxylic acids is 2. The number of hydrogen-bond acceptors (Lipinski definition) is 5. The van der Waals surface area contributed by atoms with E-state index < -0.39 is 6.10 Å². The normalized spacial score (nSPS) is 12.6. The second kappa shape index (κ2) is 52.9. The molecule has 0 spiro atoms. The van der Waals surface area contributed by atoms with E-state index in [0.717, 1.165) is 64.2 Å². The van der Waals surface area contributed by atoms with Crippen LogP contribution >= 0.6 is 0 Å². The Balaban J connectivity index is 4.18. The lowest BCUT2D eigenvalue weighted by Crippen LogP contribution is -2.30. The van der Waals surface area contributed by atoms with Crippen molar-refractivity contribution in [2.75, 3.05) is 19.8 Å². The van der Waals surface area contributed by atoms with Crippen molar-refractivity contribution >= 4 is 11.9 Å². The minimum absolute atomic E-state index is 0.0800. The lowest BCUT2D eigenvalue weighted by molar-refractivity contribution is -0.163. The van der Waals surface area contributed by atoms with Crippen molar-refractivity contribution in [3.63, 3.8) is 0 Å². The van der Waals surface area contributed by atoms with Crippen LogP contribution in [0.15, 0.2) is 60.8 Å². The van der Waals surface area contributed by atoms with Gasteiger partial charge in [0.2, 0.25) is 0 Å². The van der Waals surface area contributed by atoms with Crippen molar-refractivity contribution in [1.29, 1.82) is 0 Å². The Morgan fingerprint density at radius 1 is 0.371 bits per heavy atom. The largest absolute Gasteiger partial charge is 0.462 e.